The molecule has 0 saturated carbocycles. The maximum Gasteiger partial charge on any atom is 0.234 e. The van der Waals surface area contributed by atoms with Gasteiger partial charge in [0, 0.05) is 19.6 Å². The lowest BCUT2D eigenvalue weighted by atomic mass is 10.1. The van der Waals surface area contributed by atoms with E-state index in [2.05, 4.69) is 20.5 Å². The van der Waals surface area contributed by atoms with Crippen molar-refractivity contribution in [1.82, 2.24) is 25.4 Å². The highest BCUT2D eigenvalue weighted by molar-refractivity contribution is 5.78. The Labute approximate surface area is 145 Å². The predicted octanol–water partition coefficient (Wildman–Crippen LogP) is 0.984. The van der Waals surface area contributed by atoms with Crippen LogP contribution in [0.2, 0.25) is 0 Å². The molecule has 25 heavy (non-hydrogen) atoms. The average molecular weight is 347 g/mol. The van der Waals surface area contributed by atoms with Crippen molar-refractivity contribution in [2.45, 2.75) is 19.4 Å². The van der Waals surface area contributed by atoms with Crippen molar-refractivity contribution >= 4 is 5.91 Å². The fourth-order valence-corrected chi connectivity index (χ4v) is 2.76. The molecule has 0 radical (unpaired) electrons. The summed E-state index contributed by atoms with van der Waals surface area (Å²) >= 11 is 0. The van der Waals surface area contributed by atoms with E-state index in [1.54, 1.807) is 12.1 Å². The Kier molecular flexibility index (Phi) is 5.72. The minimum absolute atomic E-state index is 0.0334. The van der Waals surface area contributed by atoms with E-state index in [0.29, 0.717) is 45.0 Å². The number of aromatic amines is 1. The number of nitrogens with zero attached hydrogens (tertiary/aromatic N) is 3. The van der Waals surface area contributed by atoms with Crippen LogP contribution in [-0.4, -0.2) is 58.8 Å². The highest BCUT2D eigenvalue weighted by Crippen LogP contribution is 2.18. The summed E-state index contributed by atoms with van der Waals surface area (Å²) in [5.74, 6) is 1.08. The van der Waals surface area contributed by atoms with Crippen LogP contribution in [-0.2, 0) is 16.0 Å². The number of ether oxygens (including phenoxy) is 1. The third-order valence-corrected chi connectivity index (χ3v) is 4.07. The van der Waals surface area contributed by atoms with Crippen LogP contribution in [0.4, 0.5) is 4.39 Å². The maximum absolute atomic E-state index is 12.9. The fourth-order valence-electron chi connectivity index (χ4n) is 2.76. The topological polar surface area (TPSA) is 83.1 Å². The van der Waals surface area contributed by atoms with Gasteiger partial charge in [-0.25, -0.2) is 9.37 Å². The van der Waals surface area contributed by atoms with Crippen molar-refractivity contribution in [1.29, 1.82) is 0 Å². The van der Waals surface area contributed by atoms with E-state index in [-0.39, 0.29) is 17.8 Å². The Balaban J connectivity index is 1.42. The number of H-pyrrole nitrogens is 1. The smallest absolute Gasteiger partial charge is 0.234 e. The lowest BCUT2D eigenvalue weighted by molar-refractivity contribution is -0.124. The number of carbonyl (C=O) groups excluding carboxylic acids is 1. The maximum atomic E-state index is 12.9. The second kappa shape index (κ2) is 8.17. The molecule has 1 aromatic carbocycles. The summed E-state index contributed by atoms with van der Waals surface area (Å²) in [6.45, 7) is 4.51. The summed E-state index contributed by atoms with van der Waals surface area (Å²) in [6.07, 6.45) is 0.458. The van der Waals surface area contributed by atoms with Gasteiger partial charge in [-0.1, -0.05) is 12.1 Å². The third kappa shape index (κ3) is 5.07. The van der Waals surface area contributed by atoms with Gasteiger partial charge in [0.25, 0.3) is 0 Å². The van der Waals surface area contributed by atoms with Crippen molar-refractivity contribution in [3.8, 4) is 0 Å². The zero-order valence-corrected chi connectivity index (χ0v) is 14.2. The number of morpholine rings is 1. The molecule has 7 nitrogen and oxygen atoms in total. The van der Waals surface area contributed by atoms with Gasteiger partial charge >= 0.3 is 0 Å². The van der Waals surface area contributed by atoms with E-state index in [4.69, 9.17) is 4.74 Å². The molecule has 1 atom stereocenters. The van der Waals surface area contributed by atoms with Gasteiger partial charge in [-0.15, -0.1) is 0 Å². The first-order valence-electron chi connectivity index (χ1n) is 8.34. The summed E-state index contributed by atoms with van der Waals surface area (Å²) in [7, 11) is 0. The predicted molar refractivity (Wildman–Crippen MR) is 89.4 cm³/mol. The van der Waals surface area contributed by atoms with E-state index in [0.717, 1.165) is 11.4 Å². The molecule has 8 heteroatoms. The number of hydrogen-bond acceptors (Lipinski definition) is 5. The third-order valence-electron chi connectivity index (χ3n) is 4.07. The first-order valence-corrected chi connectivity index (χ1v) is 8.34. The largest absolute Gasteiger partial charge is 0.367 e. The Bertz CT molecular complexity index is 703. The number of amides is 1. The van der Waals surface area contributed by atoms with Crippen molar-refractivity contribution < 1.29 is 13.9 Å². The molecule has 0 unspecified atom stereocenters. The Hall–Kier alpha value is -2.32. The standard InChI is InChI=1S/C17H22FN5O2/c1-12-20-17(22-21-12)15-10-23(8-9-25-15)11-16(24)19-7-6-13-2-4-14(18)5-3-13/h2-5,15H,6-11H2,1H3,(H,19,24)(H,20,21,22)/t15-/m1/s1. The van der Waals surface area contributed by atoms with Gasteiger partial charge in [0.2, 0.25) is 5.91 Å². The number of carbonyl (C=O) groups is 1. The first kappa shape index (κ1) is 17.5. The molecule has 1 fully saturated rings. The monoisotopic (exact) mass is 347 g/mol. The van der Waals surface area contributed by atoms with Gasteiger partial charge in [-0.3, -0.25) is 14.8 Å². The Morgan fingerprint density at radius 3 is 2.96 bits per heavy atom. The summed E-state index contributed by atoms with van der Waals surface area (Å²) in [6, 6.07) is 6.31. The first-order chi connectivity index (χ1) is 12.1. The van der Waals surface area contributed by atoms with E-state index in [9.17, 15) is 9.18 Å². The summed E-state index contributed by atoms with van der Waals surface area (Å²) < 4.78 is 18.5. The van der Waals surface area contributed by atoms with Crippen LogP contribution in [0.5, 0.6) is 0 Å². The molecule has 0 spiro atoms. The molecule has 0 bridgehead atoms. The molecule has 2 N–H and O–H groups in total. The number of halogens is 1. The highest BCUT2D eigenvalue weighted by atomic mass is 19.1. The fraction of sp³-hybridized carbons (Fsp3) is 0.471. The van der Waals surface area contributed by atoms with Crippen LogP contribution < -0.4 is 5.32 Å². The van der Waals surface area contributed by atoms with Crippen LogP contribution in [0, 0.1) is 12.7 Å². The van der Waals surface area contributed by atoms with Gasteiger partial charge in [0.1, 0.15) is 17.7 Å². The average Bonchev–Trinajstić information content (AvgIpc) is 3.03. The Morgan fingerprint density at radius 1 is 1.44 bits per heavy atom. The quantitative estimate of drug-likeness (QED) is 0.814. The van der Waals surface area contributed by atoms with Crippen LogP contribution in [0.3, 0.4) is 0 Å². The number of nitrogens with one attached hydrogen (secondary N) is 2. The number of benzene rings is 1. The second-order valence-corrected chi connectivity index (χ2v) is 6.10. The van der Waals surface area contributed by atoms with E-state index in [1.807, 2.05) is 11.8 Å². The van der Waals surface area contributed by atoms with Crippen LogP contribution in [0.1, 0.15) is 23.3 Å². The molecular formula is C17H22FN5O2. The van der Waals surface area contributed by atoms with E-state index in [1.165, 1.54) is 12.1 Å². The molecule has 1 aliphatic rings. The summed E-state index contributed by atoms with van der Waals surface area (Å²) in [5, 5.41) is 9.83. The number of rotatable bonds is 6. The highest BCUT2D eigenvalue weighted by Gasteiger charge is 2.26. The molecule has 3 rings (SSSR count). The molecule has 2 heterocycles. The molecule has 1 aromatic heterocycles. The van der Waals surface area contributed by atoms with Crippen LogP contribution in [0.15, 0.2) is 24.3 Å². The van der Waals surface area contributed by atoms with E-state index >= 15 is 0 Å². The molecule has 1 aliphatic heterocycles. The van der Waals surface area contributed by atoms with Gasteiger partial charge in [-0.2, -0.15) is 5.10 Å². The van der Waals surface area contributed by atoms with Crippen molar-refractivity contribution in [2.24, 2.45) is 0 Å². The minimum atomic E-state index is -0.253. The number of aryl methyl sites for hydroxylation is 1. The molecule has 1 amide bonds. The normalized spacial score (nSPS) is 18.2. The lowest BCUT2D eigenvalue weighted by Gasteiger charge is -2.30. The molecule has 2 aromatic rings. The number of hydrogen-bond donors (Lipinski definition) is 2. The van der Waals surface area contributed by atoms with Gasteiger partial charge < -0.3 is 10.1 Å². The zero-order chi connectivity index (χ0) is 17.6. The van der Waals surface area contributed by atoms with Crippen LogP contribution >= 0.6 is 0 Å². The minimum Gasteiger partial charge on any atom is -0.367 e. The molecule has 0 aliphatic carbocycles. The second-order valence-electron chi connectivity index (χ2n) is 6.10. The number of aromatic nitrogens is 3. The van der Waals surface area contributed by atoms with Gasteiger partial charge in [0.15, 0.2) is 5.82 Å². The van der Waals surface area contributed by atoms with Gasteiger partial charge in [0.05, 0.1) is 13.2 Å². The van der Waals surface area contributed by atoms with E-state index < -0.39 is 0 Å². The molecule has 1 saturated heterocycles. The Morgan fingerprint density at radius 2 is 2.24 bits per heavy atom. The van der Waals surface area contributed by atoms with Crippen molar-refractivity contribution in [3.05, 3.63) is 47.3 Å². The lowest BCUT2D eigenvalue weighted by Crippen LogP contribution is -2.44. The molecule has 134 valence electrons. The van der Waals surface area contributed by atoms with Crippen LogP contribution in [0.25, 0.3) is 0 Å². The summed E-state index contributed by atoms with van der Waals surface area (Å²) in [4.78, 5) is 18.4. The van der Waals surface area contributed by atoms with Crippen molar-refractivity contribution in [3.63, 3.8) is 0 Å². The molecular weight excluding hydrogens is 325 g/mol. The summed E-state index contributed by atoms with van der Waals surface area (Å²) in [5.41, 5.74) is 0.994. The zero-order valence-electron chi connectivity index (χ0n) is 14.2. The van der Waals surface area contributed by atoms with Gasteiger partial charge in [-0.05, 0) is 31.0 Å². The van der Waals surface area contributed by atoms with Crippen molar-refractivity contribution in [2.75, 3.05) is 32.8 Å². The SMILES string of the molecule is Cc1nc([C@H]2CN(CC(=O)NCCc3ccc(F)cc3)CCO2)n[nH]1.